The molecular formula is C18H22Cl2N2O. The topological polar surface area (TPSA) is 46.3 Å². The maximum absolute atomic E-state index is 12.6. The number of rotatable bonds is 6. The summed E-state index contributed by atoms with van der Waals surface area (Å²) in [5.74, 6) is -0.0497. The number of likely N-dealkylation sites (N-methyl/N-ethyl adjacent to an activating group) is 1. The summed E-state index contributed by atoms with van der Waals surface area (Å²) >= 11 is 6.17. The quantitative estimate of drug-likeness (QED) is 0.861. The van der Waals surface area contributed by atoms with Crippen LogP contribution in [0, 0.1) is 0 Å². The van der Waals surface area contributed by atoms with Gasteiger partial charge in [0.2, 0.25) is 5.91 Å². The monoisotopic (exact) mass is 352 g/mol. The zero-order chi connectivity index (χ0) is 15.9. The van der Waals surface area contributed by atoms with Crippen molar-refractivity contribution in [2.45, 2.75) is 25.9 Å². The van der Waals surface area contributed by atoms with Gasteiger partial charge in [0, 0.05) is 18.1 Å². The predicted octanol–water partition coefficient (Wildman–Crippen LogP) is 3.68. The first-order valence-corrected chi connectivity index (χ1v) is 7.81. The first-order chi connectivity index (χ1) is 10.6. The summed E-state index contributed by atoms with van der Waals surface area (Å²) in [7, 11) is 0. The minimum atomic E-state index is -0.537. The van der Waals surface area contributed by atoms with Crippen LogP contribution >= 0.6 is 24.0 Å². The molecule has 2 aromatic rings. The molecule has 0 aliphatic heterocycles. The van der Waals surface area contributed by atoms with Crippen molar-refractivity contribution in [3.63, 3.8) is 0 Å². The molecule has 3 nitrogen and oxygen atoms in total. The predicted molar refractivity (Wildman–Crippen MR) is 97.9 cm³/mol. The van der Waals surface area contributed by atoms with E-state index in [-0.39, 0.29) is 18.3 Å². The molecule has 0 aromatic heterocycles. The average Bonchev–Trinajstić information content (AvgIpc) is 2.54. The van der Waals surface area contributed by atoms with Crippen LogP contribution < -0.4 is 5.73 Å². The van der Waals surface area contributed by atoms with E-state index in [1.165, 1.54) is 0 Å². The van der Waals surface area contributed by atoms with E-state index in [0.29, 0.717) is 24.5 Å². The Balaban J connectivity index is 0.00000264. The zero-order valence-electron chi connectivity index (χ0n) is 13.1. The number of hydrogen-bond donors (Lipinski definition) is 1. The van der Waals surface area contributed by atoms with Gasteiger partial charge in [0.15, 0.2) is 0 Å². The molecule has 0 bridgehead atoms. The Bertz CT molecular complexity index is 619. The highest BCUT2D eigenvalue weighted by Crippen LogP contribution is 2.17. The Morgan fingerprint density at radius 3 is 2.35 bits per heavy atom. The van der Waals surface area contributed by atoms with Crippen molar-refractivity contribution < 1.29 is 4.79 Å². The molecule has 5 heteroatoms. The van der Waals surface area contributed by atoms with Crippen molar-refractivity contribution in [2.24, 2.45) is 5.73 Å². The molecule has 0 aliphatic rings. The molecule has 0 aliphatic carbocycles. The van der Waals surface area contributed by atoms with Crippen LogP contribution in [-0.4, -0.2) is 23.4 Å². The number of benzene rings is 2. The number of hydrogen-bond acceptors (Lipinski definition) is 2. The molecule has 0 spiro atoms. The second-order valence-electron chi connectivity index (χ2n) is 5.24. The zero-order valence-corrected chi connectivity index (χ0v) is 14.7. The largest absolute Gasteiger partial charge is 0.337 e. The normalized spacial score (nSPS) is 11.4. The van der Waals surface area contributed by atoms with Gasteiger partial charge in [0.1, 0.15) is 0 Å². The Hall–Kier alpha value is -1.55. The minimum absolute atomic E-state index is 0. The van der Waals surface area contributed by atoms with Gasteiger partial charge in [-0.3, -0.25) is 4.79 Å². The lowest BCUT2D eigenvalue weighted by Gasteiger charge is -2.25. The van der Waals surface area contributed by atoms with E-state index in [2.05, 4.69) is 0 Å². The lowest BCUT2D eigenvalue weighted by atomic mass is 10.1. The van der Waals surface area contributed by atoms with Crippen LogP contribution in [0.3, 0.4) is 0 Å². The SMILES string of the molecule is CCN(Cc1ccccc1Cl)C(=O)C(N)Cc1ccccc1.Cl. The van der Waals surface area contributed by atoms with Crippen molar-refractivity contribution in [3.05, 3.63) is 70.7 Å². The molecule has 0 saturated heterocycles. The van der Waals surface area contributed by atoms with Gasteiger partial charge < -0.3 is 10.6 Å². The third kappa shape index (κ3) is 5.54. The average molecular weight is 353 g/mol. The number of amides is 1. The highest BCUT2D eigenvalue weighted by molar-refractivity contribution is 6.31. The standard InChI is InChI=1S/C18H21ClN2O.ClH/c1-2-21(13-15-10-6-7-11-16(15)19)18(22)17(20)12-14-8-4-3-5-9-14;/h3-11,17H,2,12-13,20H2,1H3;1H. The van der Waals surface area contributed by atoms with E-state index < -0.39 is 6.04 Å². The maximum atomic E-state index is 12.6. The number of nitrogens with zero attached hydrogens (tertiary/aromatic N) is 1. The Kier molecular flexibility index (Phi) is 8.10. The lowest BCUT2D eigenvalue weighted by Crippen LogP contribution is -2.44. The fourth-order valence-corrected chi connectivity index (χ4v) is 2.56. The first-order valence-electron chi connectivity index (χ1n) is 7.43. The van der Waals surface area contributed by atoms with E-state index in [0.717, 1.165) is 11.1 Å². The summed E-state index contributed by atoms with van der Waals surface area (Å²) in [5.41, 5.74) is 8.10. The summed E-state index contributed by atoms with van der Waals surface area (Å²) in [5, 5.41) is 0.672. The van der Waals surface area contributed by atoms with Gasteiger partial charge in [-0.1, -0.05) is 60.1 Å². The second kappa shape index (κ2) is 9.56. The van der Waals surface area contributed by atoms with E-state index in [1.54, 1.807) is 4.90 Å². The number of carbonyl (C=O) groups is 1. The Morgan fingerprint density at radius 2 is 1.74 bits per heavy atom. The van der Waals surface area contributed by atoms with E-state index in [9.17, 15) is 4.79 Å². The first kappa shape index (κ1) is 19.5. The molecule has 0 radical (unpaired) electrons. The molecular weight excluding hydrogens is 331 g/mol. The smallest absolute Gasteiger partial charge is 0.240 e. The molecule has 1 atom stereocenters. The van der Waals surface area contributed by atoms with Crippen LogP contribution in [0.2, 0.25) is 5.02 Å². The van der Waals surface area contributed by atoms with Gasteiger partial charge >= 0.3 is 0 Å². The van der Waals surface area contributed by atoms with E-state index >= 15 is 0 Å². The van der Waals surface area contributed by atoms with Crippen molar-refractivity contribution in [3.8, 4) is 0 Å². The van der Waals surface area contributed by atoms with Crippen molar-refractivity contribution >= 4 is 29.9 Å². The Morgan fingerprint density at radius 1 is 1.13 bits per heavy atom. The summed E-state index contributed by atoms with van der Waals surface area (Å²) in [6.07, 6.45) is 0.540. The number of nitrogens with two attached hydrogens (primary N) is 1. The molecule has 1 amide bonds. The molecule has 0 heterocycles. The minimum Gasteiger partial charge on any atom is -0.337 e. The molecule has 2 aromatic carbocycles. The van der Waals surface area contributed by atoms with Crippen LogP contribution in [0.15, 0.2) is 54.6 Å². The highest BCUT2D eigenvalue weighted by atomic mass is 35.5. The molecule has 0 saturated carbocycles. The van der Waals surface area contributed by atoms with Gasteiger partial charge in [-0.15, -0.1) is 12.4 Å². The fourth-order valence-electron chi connectivity index (χ4n) is 2.37. The Labute approximate surface area is 148 Å². The van der Waals surface area contributed by atoms with Crippen LogP contribution in [-0.2, 0) is 17.8 Å². The summed E-state index contributed by atoms with van der Waals surface area (Å²) in [6, 6.07) is 16.8. The second-order valence-corrected chi connectivity index (χ2v) is 5.65. The highest BCUT2D eigenvalue weighted by Gasteiger charge is 2.20. The van der Waals surface area contributed by atoms with Gasteiger partial charge in [-0.05, 0) is 30.5 Å². The fraction of sp³-hybridized carbons (Fsp3) is 0.278. The summed E-state index contributed by atoms with van der Waals surface area (Å²) < 4.78 is 0. The van der Waals surface area contributed by atoms with Crippen molar-refractivity contribution in [2.75, 3.05) is 6.54 Å². The molecule has 124 valence electrons. The summed E-state index contributed by atoms with van der Waals surface area (Å²) in [6.45, 7) is 3.04. The molecule has 0 fully saturated rings. The van der Waals surface area contributed by atoms with Gasteiger partial charge in [-0.2, -0.15) is 0 Å². The van der Waals surface area contributed by atoms with Gasteiger partial charge in [0.25, 0.3) is 0 Å². The number of halogens is 2. The molecule has 23 heavy (non-hydrogen) atoms. The van der Waals surface area contributed by atoms with Crippen LogP contribution in [0.25, 0.3) is 0 Å². The maximum Gasteiger partial charge on any atom is 0.240 e. The summed E-state index contributed by atoms with van der Waals surface area (Å²) in [4.78, 5) is 14.3. The van der Waals surface area contributed by atoms with E-state index in [1.807, 2.05) is 61.5 Å². The van der Waals surface area contributed by atoms with Gasteiger partial charge in [-0.25, -0.2) is 0 Å². The van der Waals surface area contributed by atoms with Crippen LogP contribution in [0.4, 0.5) is 0 Å². The van der Waals surface area contributed by atoms with Crippen molar-refractivity contribution in [1.29, 1.82) is 0 Å². The number of carbonyl (C=O) groups excluding carboxylic acids is 1. The van der Waals surface area contributed by atoms with Crippen LogP contribution in [0.1, 0.15) is 18.1 Å². The third-order valence-electron chi connectivity index (χ3n) is 3.63. The molecule has 1 unspecified atom stereocenters. The molecule has 2 rings (SSSR count). The van der Waals surface area contributed by atoms with Gasteiger partial charge in [0.05, 0.1) is 6.04 Å². The lowest BCUT2D eigenvalue weighted by molar-refractivity contribution is -0.133. The van der Waals surface area contributed by atoms with E-state index in [4.69, 9.17) is 17.3 Å². The van der Waals surface area contributed by atoms with Crippen molar-refractivity contribution in [1.82, 2.24) is 4.90 Å². The van der Waals surface area contributed by atoms with Crippen LogP contribution in [0.5, 0.6) is 0 Å². The molecule has 2 N–H and O–H groups in total. The third-order valence-corrected chi connectivity index (χ3v) is 4.00.